The highest BCUT2D eigenvalue weighted by atomic mass is 16.5. The monoisotopic (exact) mass is 211 g/mol. The Morgan fingerprint density at radius 3 is 3.13 bits per heavy atom. The number of nitrogens with zero attached hydrogens (tertiary/aromatic N) is 2. The van der Waals surface area contributed by atoms with E-state index in [1.807, 2.05) is 7.05 Å². The summed E-state index contributed by atoms with van der Waals surface area (Å²) in [7, 11) is 1.92. The van der Waals surface area contributed by atoms with Crippen LogP contribution in [0.2, 0.25) is 0 Å². The lowest BCUT2D eigenvalue weighted by Gasteiger charge is -2.04. The van der Waals surface area contributed by atoms with Gasteiger partial charge in [-0.3, -0.25) is 0 Å². The first-order valence-corrected chi connectivity index (χ1v) is 5.37. The molecule has 1 aliphatic heterocycles. The van der Waals surface area contributed by atoms with Gasteiger partial charge in [0.05, 0.1) is 6.61 Å². The Hall–Kier alpha value is -0.940. The molecule has 2 heterocycles. The van der Waals surface area contributed by atoms with Crippen molar-refractivity contribution in [2.24, 2.45) is 0 Å². The molecule has 2 unspecified atom stereocenters. The van der Waals surface area contributed by atoms with Gasteiger partial charge in [-0.1, -0.05) is 5.16 Å². The highest BCUT2D eigenvalue weighted by Crippen LogP contribution is 2.22. The second-order valence-corrected chi connectivity index (χ2v) is 4.00. The van der Waals surface area contributed by atoms with Gasteiger partial charge in [0.1, 0.15) is 0 Å². The first-order valence-electron chi connectivity index (χ1n) is 5.37. The number of likely N-dealkylation sites (N-methyl/N-ethyl adjacent to an activating group) is 1. The lowest BCUT2D eigenvalue weighted by atomic mass is 10.1. The number of hydrogen-bond donors (Lipinski definition) is 1. The molecule has 5 nitrogen and oxygen atoms in total. The smallest absolute Gasteiger partial charge is 0.228 e. The summed E-state index contributed by atoms with van der Waals surface area (Å²) in [4.78, 5) is 4.38. The number of hydrogen-bond acceptors (Lipinski definition) is 5. The highest BCUT2D eigenvalue weighted by Gasteiger charge is 2.23. The van der Waals surface area contributed by atoms with E-state index in [0.29, 0.717) is 17.9 Å². The summed E-state index contributed by atoms with van der Waals surface area (Å²) < 4.78 is 10.5. The van der Waals surface area contributed by atoms with Crippen LogP contribution in [0.1, 0.15) is 31.0 Å². The van der Waals surface area contributed by atoms with Gasteiger partial charge in [-0.05, 0) is 20.4 Å². The fourth-order valence-corrected chi connectivity index (χ4v) is 1.62. The molecule has 0 aromatic carbocycles. The first-order chi connectivity index (χ1) is 7.29. The molecule has 1 aromatic rings. The van der Waals surface area contributed by atoms with Crippen LogP contribution in [-0.4, -0.2) is 36.4 Å². The summed E-state index contributed by atoms with van der Waals surface area (Å²) >= 11 is 0. The molecule has 0 saturated carbocycles. The summed E-state index contributed by atoms with van der Waals surface area (Å²) in [5.74, 6) is 1.83. The molecule has 15 heavy (non-hydrogen) atoms. The maximum absolute atomic E-state index is 5.29. The summed E-state index contributed by atoms with van der Waals surface area (Å²) in [6.45, 7) is 3.62. The van der Waals surface area contributed by atoms with E-state index in [4.69, 9.17) is 9.26 Å². The molecule has 1 N–H and O–H groups in total. The second kappa shape index (κ2) is 4.72. The predicted molar refractivity (Wildman–Crippen MR) is 54.7 cm³/mol. The van der Waals surface area contributed by atoms with Crippen LogP contribution in [0.3, 0.4) is 0 Å². The molecule has 1 aliphatic rings. The zero-order valence-corrected chi connectivity index (χ0v) is 9.19. The van der Waals surface area contributed by atoms with Crippen molar-refractivity contribution in [2.45, 2.75) is 31.7 Å². The Morgan fingerprint density at radius 1 is 1.60 bits per heavy atom. The zero-order chi connectivity index (χ0) is 10.7. The fraction of sp³-hybridized carbons (Fsp3) is 0.800. The minimum absolute atomic E-state index is 0.326. The Balaban J connectivity index is 1.97. The molecule has 1 saturated heterocycles. The van der Waals surface area contributed by atoms with Crippen LogP contribution in [0.25, 0.3) is 0 Å². The van der Waals surface area contributed by atoms with E-state index in [9.17, 15) is 0 Å². The zero-order valence-electron chi connectivity index (χ0n) is 9.19. The molecule has 1 fully saturated rings. The maximum Gasteiger partial charge on any atom is 0.228 e. The molecule has 5 heteroatoms. The van der Waals surface area contributed by atoms with Crippen LogP contribution in [0.5, 0.6) is 0 Å². The maximum atomic E-state index is 5.29. The molecular weight excluding hydrogens is 194 g/mol. The first kappa shape index (κ1) is 10.6. The van der Waals surface area contributed by atoms with E-state index < -0.39 is 0 Å². The third-order valence-electron chi connectivity index (χ3n) is 2.75. The van der Waals surface area contributed by atoms with Gasteiger partial charge in [0, 0.05) is 25.0 Å². The third-order valence-corrected chi connectivity index (χ3v) is 2.75. The molecule has 2 rings (SSSR count). The number of aromatic nitrogens is 2. The topological polar surface area (TPSA) is 60.2 Å². The van der Waals surface area contributed by atoms with E-state index in [1.54, 1.807) is 0 Å². The quantitative estimate of drug-likeness (QED) is 0.795. The van der Waals surface area contributed by atoms with E-state index in [2.05, 4.69) is 22.4 Å². The van der Waals surface area contributed by atoms with Gasteiger partial charge in [0.2, 0.25) is 5.89 Å². The minimum Gasteiger partial charge on any atom is -0.381 e. The summed E-state index contributed by atoms with van der Waals surface area (Å²) in [5, 5.41) is 7.13. The molecule has 0 radical (unpaired) electrons. The molecule has 2 atom stereocenters. The molecule has 1 aromatic heterocycles. The van der Waals surface area contributed by atoms with Gasteiger partial charge in [0.15, 0.2) is 5.82 Å². The second-order valence-electron chi connectivity index (χ2n) is 4.00. The van der Waals surface area contributed by atoms with Crippen molar-refractivity contribution < 1.29 is 9.26 Å². The van der Waals surface area contributed by atoms with Gasteiger partial charge >= 0.3 is 0 Å². The third kappa shape index (κ3) is 2.54. The normalized spacial score (nSPS) is 23.2. The summed E-state index contributed by atoms with van der Waals surface area (Å²) in [6, 6.07) is 0.359. The standard InChI is InChI=1S/C10H17N3O2/c1-7(11-2)5-9-12-10(13-15-9)8-3-4-14-6-8/h7-8,11H,3-6H2,1-2H3. The lowest BCUT2D eigenvalue weighted by molar-refractivity contribution is 0.192. The van der Waals surface area contributed by atoms with Gasteiger partial charge in [-0.25, -0.2) is 0 Å². The number of rotatable bonds is 4. The van der Waals surface area contributed by atoms with Crippen LogP contribution < -0.4 is 5.32 Å². The van der Waals surface area contributed by atoms with E-state index in [0.717, 1.165) is 31.9 Å². The summed E-state index contributed by atoms with van der Waals surface area (Å²) in [5.41, 5.74) is 0. The van der Waals surface area contributed by atoms with Crippen LogP contribution in [0, 0.1) is 0 Å². The Labute approximate surface area is 89.2 Å². The fourth-order valence-electron chi connectivity index (χ4n) is 1.62. The largest absolute Gasteiger partial charge is 0.381 e. The van der Waals surface area contributed by atoms with Crippen molar-refractivity contribution in [3.63, 3.8) is 0 Å². The van der Waals surface area contributed by atoms with Crippen molar-refractivity contribution in [3.05, 3.63) is 11.7 Å². The van der Waals surface area contributed by atoms with Gasteiger partial charge in [-0.2, -0.15) is 4.98 Å². The minimum atomic E-state index is 0.326. The van der Waals surface area contributed by atoms with Crippen molar-refractivity contribution in [1.82, 2.24) is 15.5 Å². The van der Waals surface area contributed by atoms with E-state index in [-0.39, 0.29) is 0 Å². The van der Waals surface area contributed by atoms with Crippen molar-refractivity contribution in [3.8, 4) is 0 Å². The predicted octanol–water partition coefficient (Wildman–Crippen LogP) is 0.724. The molecular formula is C10H17N3O2. The van der Waals surface area contributed by atoms with Crippen LogP contribution in [0.15, 0.2) is 4.52 Å². The van der Waals surface area contributed by atoms with Crippen LogP contribution in [-0.2, 0) is 11.2 Å². The highest BCUT2D eigenvalue weighted by molar-refractivity contribution is 4.98. The Bertz CT molecular complexity index is 307. The number of ether oxygens (including phenoxy) is 1. The molecule has 0 aliphatic carbocycles. The van der Waals surface area contributed by atoms with Gasteiger partial charge in [0.25, 0.3) is 0 Å². The van der Waals surface area contributed by atoms with Crippen molar-refractivity contribution in [2.75, 3.05) is 20.3 Å². The van der Waals surface area contributed by atoms with Crippen LogP contribution in [0.4, 0.5) is 0 Å². The molecule has 0 bridgehead atoms. The molecule has 0 spiro atoms. The Kier molecular flexibility index (Phi) is 3.33. The van der Waals surface area contributed by atoms with Gasteiger partial charge < -0.3 is 14.6 Å². The lowest BCUT2D eigenvalue weighted by Crippen LogP contribution is -2.23. The molecule has 84 valence electrons. The SMILES string of the molecule is CNC(C)Cc1nc(C2CCOC2)no1. The van der Waals surface area contributed by atoms with E-state index >= 15 is 0 Å². The van der Waals surface area contributed by atoms with E-state index in [1.165, 1.54) is 0 Å². The van der Waals surface area contributed by atoms with Crippen molar-refractivity contribution >= 4 is 0 Å². The molecule has 0 amide bonds. The van der Waals surface area contributed by atoms with Gasteiger partial charge in [-0.15, -0.1) is 0 Å². The van der Waals surface area contributed by atoms with Crippen molar-refractivity contribution in [1.29, 1.82) is 0 Å². The average Bonchev–Trinajstić information content (AvgIpc) is 2.85. The number of nitrogens with one attached hydrogen (secondary N) is 1. The Morgan fingerprint density at radius 2 is 2.47 bits per heavy atom. The summed E-state index contributed by atoms with van der Waals surface area (Å²) in [6.07, 6.45) is 1.78. The van der Waals surface area contributed by atoms with Crippen LogP contribution >= 0.6 is 0 Å². The average molecular weight is 211 g/mol.